The Kier molecular flexibility index (Phi) is 5.10. The average molecular weight is 367 g/mol. The minimum absolute atomic E-state index is 0.342. The molecule has 3 N–H and O–H groups in total. The molecule has 1 amide bonds. The molecule has 0 saturated heterocycles. The molecule has 7 heteroatoms. The summed E-state index contributed by atoms with van der Waals surface area (Å²) in [5.41, 5.74) is 4.93. The molecule has 1 aliphatic heterocycles. The number of amidine groups is 1. The molecule has 5 nitrogen and oxygen atoms in total. The zero-order valence-electron chi connectivity index (χ0n) is 15.6. The van der Waals surface area contributed by atoms with Gasteiger partial charge < -0.3 is 10.5 Å². The summed E-state index contributed by atoms with van der Waals surface area (Å²) >= 11 is 1.42. The van der Waals surface area contributed by atoms with Crippen molar-refractivity contribution < 1.29 is 13.9 Å². The second kappa shape index (κ2) is 6.52. The van der Waals surface area contributed by atoms with Gasteiger partial charge in [-0.3, -0.25) is 10.3 Å². The molecule has 2 rings (SSSR count). The first-order valence-corrected chi connectivity index (χ1v) is 9.11. The zero-order chi connectivity index (χ0) is 19.0. The predicted octanol–water partition coefficient (Wildman–Crippen LogP) is 4.28. The summed E-state index contributed by atoms with van der Waals surface area (Å²) in [5.74, 6) is 0.295. The number of rotatable bonds is 1. The summed E-state index contributed by atoms with van der Waals surface area (Å²) in [6.07, 6.45) is -0.575. The van der Waals surface area contributed by atoms with E-state index in [0.717, 1.165) is 0 Å². The van der Waals surface area contributed by atoms with Gasteiger partial charge >= 0.3 is 6.09 Å². The quantitative estimate of drug-likeness (QED) is 0.727. The van der Waals surface area contributed by atoms with Gasteiger partial charge in [-0.25, -0.2) is 9.18 Å². The smallest absolute Gasteiger partial charge is 0.413 e. The van der Waals surface area contributed by atoms with E-state index in [2.05, 4.69) is 10.3 Å². The number of aliphatic imine (C=N–C) groups is 1. The highest BCUT2D eigenvalue weighted by molar-refractivity contribution is 8.13. The van der Waals surface area contributed by atoms with Crippen LogP contribution in [0, 0.1) is 11.2 Å². The number of nitrogens with one attached hydrogen (secondary N) is 1. The summed E-state index contributed by atoms with van der Waals surface area (Å²) in [4.78, 5) is 16.7. The summed E-state index contributed by atoms with van der Waals surface area (Å²) in [7, 11) is 0. The van der Waals surface area contributed by atoms with Crippen LogP contribution in [-0.4, -0.2) is 22.6 Å². The molecule has 0 spiro atoms. The topological polar surface area (TPSA) is 76.7 Å². The molecule has 0 unspecified atom stereocenters. The molecule has 1 aliphatic rings. The summed E-state index contributed by atoms with van der Waals surface area (Å²) in [6.45, 7) is 11.3. The number of nitrogens with zero attached hydrogens (tertiary/aromatic N) is 1. The highest BCUT2D eigenvalue weighted by atomic mass is 32.2. The normalized spacial score (nSPS) is 22.9. The number of thioether (sulfide) groups is 1. The van der Waals surface area contributed by atoms with Crippen molar-refractivity contribution in [1.82, 2.24) is 5.32 Å². The number of anilines is 1. The summed E-state index contributed by atoms with van der Waals surface area (Å²) < 4.78 is 19.8. The van der Waals surface area contributed by atoms with Crippen LogP contribution in [0.15, 0.2) is 23.2 Å². The Bertz CT molecular complexity index is 713. The number of carbonyl (C=O) groups excluding carboxylic acids is 1. The summed E-state index contributed by atoms with van der Waals surface area (Å²) in [6, 6.07) is 4.49. The molecule has 1 heterocycles. The lowest BCUT2D eigenvalue weighted by Crippen LogP contribution is -2.47. The van der Waals surface area contributed by atoms with Crippen LogP contribution in [-0.2, 0) is 10.3 Å². The van der Waals surface area contributed by atoms with E-state index in [4.69, 9.17) is 10.5 Å². The first-order chi connectivity index (χ1) is 11.3. The van der Waals surface area contributed by atoms with Gasteiger partial charge in [0.05, 0.1) is 5.54 Å². The number of hydrogen-bond donors (Lipinski definition) is 2. The maximum atomic E-state index is 14.5. The molecule has 25 heavy (non-hydrogen) atoms. The third kappa shape index (κ3) is 4.26. The Labute approximate surface area is 152 Å². The number of alkyl carbamates (subject to hydrolysis) is 1. The van der Waals surface area contributed by atoms with E-state index in [-0.39, 0.29) is 11.2 Å². The van der Waals surface area contributed by atoms with Crippen molar-refractivity contribution in [2.24, 2.45) is 10.4 Å². The molecule has 1 aromatic carbocycles. The predicted molar refractivity (Wildman–Crippen MR) is 101 cm³/mol. The number of halogens is 1. The van der Waals surface area contributed by atoms with Crippen LogP contribution < -0.4 is 11.1 Å². The number of hydrogen-bond acceptors (Lipinski definition) is 5. The fourth-order valence-corrected chi connectivity index (χ4v) is 3.75. The first kappa shape index (κ1) is 19.6. The zero-order valence-corrected chi connectivity index (χ0v) is 16.4. The van der Waals surface area contributed by atoms with Gasteiger partial charge in [-0.05, 0) is 45.9 Å². The fraction of sp³-hybridized carbons (Fsp3) is 0.556. The number of nitrogens with two attached hydrogens (primary N) is 1. The number of benzene rings is 1. The number of ether oxygens (including phenoxy) is 1. The van der Waals surface area contributed by atoms with E-state index in [9.17, 15) is 9.18 Å². The second-order valence-corrected chi connectivity index (χ2v) is 8.99. The van der Waals surface area contributed by atoms with Gasteiger partial charge in [-0.1, -0.05) is 25.6 Å². The Hall–Kier alpha value is -1.76. The maximum Gasteiger partial charge on any atom is 0.413 e. The number of nitrogen functional groups attached to an aromatic ring is 1. The van der Waals surface area contributed by atoms with Gasteiger partial charge in [-0.15, -0.1) is 0 Å². The molecule has 1 aromatic rings. The molecule has 0 radical (unpaired) electrons. The van der Waals surface area contributed by atoms with E-state index in [1.54, 1.807) is 26.8 Å². The van der Waals surface area contributed by atoms with Crippen molar-refractivity contribution in [3.8, 4) is 0 Å². The third-order valence-corrected chi connectivity index (χ3v) is 5.67. The lowest BCUT2D eigenvalue weighted by Gasteiger charge is -2.45. The van der Waals surface area contributed by atoms with Crippen LogP contribution in [0.1, 0.15) is 47.1 Å². The second-order valence-electron chi connectivity index (χ2n) is 8.03. The Morgan fingerprint density at radius 1 is 1.36 bits per heavy atom. The minimum Gasteiger partial charge on any atom is -0.444 e. The van der Waals surface area contributed by atoms with Crippen LogP contribution in [0.5, 0.6) is 0 Å². The van der Waals surface area contributed by atoms with Crippen molar-refractivity contribution >= 4 is 28.7 Å². The number of amides is 1. The Morgan fingerprint density at radius 2 is 2.00 bits per heavy atom. The van der Waals surface area contributed by atoms with Gasteiger partial charge in [0.1, 0.15) is 11.4 Å². The standard InChI is InChI=1S/C18H26FN3O2S/c1-16(2,3)24-15(23)21-14-22-18(6,17(4,5)10-25-14)12-9-11(20)7-8-13(12)19/h7-9H,10,20H2,1-6H3,(H,21,22,23)/t18-/m1/s1. The van der Waals surface area contributed by atoms with E-state index in [0.29, 0.717) is 22.2 Å². The average Bonchev–Trinajstić information content (AvgIpc) is 2.44. The first-order valence-electron chi connectivity index (χ1n) is 8.12. The highest BCUT2D eigenvalue weighted by Crippen LogP contribution is 2.49. The molecule has 0 fully saturated rings. The van der Waals surface area contributed by atoms with E-state index in [1.807, 2.05) is 20.8 Å². The van der Waals surface area contributed by atoms with E-state index < -0.39 is 17.2 Å². The molecule has 0 aromatic heterocycles. The van der Waals surface area contributed by atoms with Crippen molar-refractivity contribution in [2.45, 2.75) is 52.7 Å². The van der Waals surface area contributed by atoms with Gasteiger partial charge in [0.2, 0.25) is 0 Å². The van der Waals surface area contributed by atoms with Crippen molar-refractivity contribution in [2.75, 3.05) is 11.5 Å². The van der Waals surface area contributed by atoms with Crippen LogP contribution >= 0.6 is 11.8 Å². The van der Waals surface area contributed by atoms with Crippen molar-refractivity contribution in [3.05, 3.63) is 29.6 Å². The lowest BCUT2D eigenvalue weighted by atomic mass is 9.70. The largest absolute Gasteiger partial charge is 0.444 e. The Morgan fingerprint density at radius 3 is 2.60 bits per heavy atom. The van der Waals surface area contributed by atoms with E-state index >= 15 is 0 Å². The lowest BCUT2D eigenvalue weighted by molar-refractivity contribution is 0.0563. The van der Waals surface area contributed by atoms with Crippen LogP contribution in [0.3, 0.4) is 0 Å². The summed E-state index contributed by atoms with van der Waals surface area (Å²) in [5, 5.41) is 3.09. The molecular formula is C18H26FN3O2S. The van der Waals surface area contributed by atoms with Gasteiger partial charge in [0.25, 0.3) is 0 Å². The molecule has 1 atom stereocenters. The van der Waals surface area contributed by atoms with E-state index in [1.165, 1.54) is 23.9 Å². The van der Waals surface area contributed by atoms with Crippen molar-refractivity contribution in [3.63, 3.8) is 0 Å². The third-order valence-electron chi connectivity index (χ3n) is 4.34. The van der Waals surface area contributed by atoms with Crippen molar-refractivity contribution in [1.29, 1.82) is 0 Å². The Balaban J connectivity index is 2.40. The fourth-order valence-electron chi connectivity index (χ4n) is 2.57. The van der Waals surface area contributed by atoms with Gasteiger partial charge in [-0.2, -0.15) is 0 Å². The highest BCUT2D eigenvalue weighted by Gasteiger charge is 2.47. The molecule has 0 saturated carbocycles. The van der Waals surface area contributed by atoms with Crippen LogP contribution in [0.25, 0.3) is 0 Å². The van der Waals surface area contributed by atoms with Crippen LogP contribution in [0.2, 0.25) is 0 Å². The number of carbonyl (C=O) groups is 1. The minimum atomic E-state index is -0.873. The molecule has 0 aliphatic carbocycles. The van der Waals surface area contributed by atoms with Gasteiger partial charge in [0, 0.05) is 22.4 Å². The molecule has 138 valence electrons. The molecule has 0 bridgehead atoms. The van der Waals surface area contributed by atoms with Crippen LogP contribution in [0.4, 0.5) is 14.9 Å². The monoisotopic (exact) mass is 367 g/mol. The SMILES string of the molecule is CC(C)(C)OC(=O)NC1=N[C@](C)(c2cc(N)ccc2F)C(C)(C)CS1. The molecular weight excluding hydrogens is 341 g/mol. The van der Waals surface area contributed by atoms with Gasteiger partial charge in [0.15, 0.2) is 5.17 Å². The maximum absolute atomic E-state index is 14.5.